The number of nitrogens with zero attached hydrogens (tertiary/aromatic N) is 2. The molecule has 2 aromatic heterocycles. The molecule has 0 saturated carbocycles. The van der Waals surface area contributed by atoms with Crippen molar-refractivity contribution in [1.29, 1.82) is 0 Å². The molecule has 1 aromatic carbocycles. The first-order valence-electron chi connectivity index (χ1n) is 6.36. The van der Waals surface area contributed by atoms with Crippen LogP contribution >= 0.6 is 0 Å². The van der Waals surface area contributed by atoms with Crippen molar-refractivity contribution in [3.63, 3.8) is 0 Å². The van der Waals surface area contributed by atoms with E-state index in [4.69, 9.17) is 4.74 Å². The minimum absolute atomic E-state index is 0.107. The first kappa shape index (κ1) is 12.3. The van der Waals surface area contributed by atoms with Gasteiger partial charge in [0.1, 0.15) is 5.75 Å². The Morgan fingerprint density at radius 1 is 1.30 bits per heavy atom. The summed E-state index contributed by atoms with van der Waals surface area (Å²) in [6, 6.07) is 9.09. The van der Waals surface area contributed by atoms with Crippen molar-refractivity contribution in [3.8, 4) is 5.75 Å². The average Bonchev–Trinajstić information content (AvgIpc) is 2.97. The molecule has 0 unspecified atom stereocenters. The van der Waals surface area contributed by atoms with Gasteiger partial charge >= 0.3 is 0 Å². The molecule has 0 atom stereocenters. The molecule has 0 bridgehead atoms. The van der Waals surface area contributed by atoms with Crippen molar-refractivity contribution in [2.75, 3.05) is 6.61 Å². The number of aromatic amines is 1. The van der Waals surface area contributed by atoms with E-state index >= 15 is 0 Å². The van der Waals surface area contributed by atoms with Crippen LogP contribution in [0.1, 0.15) is 22.8 Å². The first-order chi connectivity index (χ1) is 9.81. The Morgan fingerprint density at radius 3 is 2.85 bits per heavy atom. The van der Waals surface area contributed by atoms with Gasteiger partial charge in [-0.2, -0.15) is 5.10 Å². The van der Waals surface area contributed by atoms with E-state index in [1.54, 1.807) is 18.3 Å². The van der Waals surface area contributed by atoms with Crippen LogP contribution < -0.4 is 4.74 Å². The SMILES string of the molecule is CCOc1c(C(=O)c2ccccc2)cnc2n[nH]cc12. The highest BCUT2D eigenvalue weighted by atomic mass is 16.5. The van der Waals surface area contributed by atoms with Gasteiger partial charge in [-0.25, -0.2) is 4.98 Å². The zero-order valence-corrected chi connectivity index (χ0v) is 11.0. The normalized spacial score (nSPS) is 10.7. The van der Waals surface area contributed by atoms with Crippen LogP contribution in [0.3, 0.4) is 0 Å². The number of carbonyl (C=O) groups is 1. The maximum absolute atomic E-state index is 12.6. The van der Waals surface area contributed by atoms with Gasteiger partial charge in [0.15, 0.2) is 11.4 Å². The molecule has 3 aromatic rings. The number of H-pyrrole nitrogens is 1. The standard InChI is InChI=1S/C15H13N3O2/c1-2-20-14-11(8-16-15-12(14)9-17-18-15)13(19)10-6-4-3-5-7-10/h3-9H,2H2,1H3,(H,16,17,18). The smallest absolute Gasteiger partial charge is 0.198 e. The molecule has 100 valence electrons. The van der Waals surface area contributed by atoms with Gasteiger partial charge in [0.25, 0.3) is 0 Å². The maximum Gasteiger partial charge on any atom is 0.198 e. The average molecular weight is 267 g/mol. The number of rotatable bonds is 4. The molecule has 0 aliphatic rings. The summed E-state index contributed by atoms with van der Waals surface area (Å²) in [5.41, 5.74) is 1.60. The van der Waals surface area contributed by atoms with Crippen molar-refractivity contribution in [2.24, 2.45) is 0 Å². The maximum atomic E-state index is 12.6. The van der Waals surface area contributed by atoms with Gasteiger partial charge in [-0.3, -0.25) is 9.89 Å². The van der Waals surface area contributed by atoms with E-state index in [0.29, 0.717) is 34.5 Å². The largest absolute Gasteiger partial charge is 0.492 e. The number of hydrogen-bond acceptors (Lipinski definition) is 4. The van der Waals surface area contributed by atoms with Gasteiger partial charge in [0.2, 0.25) is 0 Å². The number of hydrogen-bond donors (Lipinski definition) is 1. The summed E-state index contributed by atoms with van der Waals surface area (Å²) in [5, 5.41) is 7.46. The lowest BCUT2D eigenvalue weighted by atomic mass is 10.0. The molecule has 0 spiro atoms. The molecule has 5 heteroatoms. The third kappa shape index (κ3) is 2.03. The number of pyridine rings is 1. The third-order valence-electron chi connectivity index (χ3n) is 2.99. The van der Waals surface area contributed by atoms with Gasteiger partial charge in [-0.05, 0) is 6.92 Å². The topological polar surface area (TPSA) is 67.9 Å². The second-order valence-corrected chi connectivity index (χ2v) is 4.25. The summed E-state index contributed by atoms with van der Waals surface area (Å²) in [6.45, 7) is 2.35. The minimum Gasteiger partial charge on any atom is -0.492 e. The van der Waals surface area contributed by atoms with Crippen molar-refractivity contribution >= 4 is 16.8 Å². The summed E-state index contributed by atoms with van der Waals surface area (Å²) in [6.07, 6.45) is 3.21. The predicted octanol–water partition coefficient (Wildman–Crippen LogP) is 2.59. The Bertz CT molecular complexity index is 750. The molecule has 3 rings (SSSR count). The molecule has 0 radical (unpaired) electrons. The lowest BCUT2D eigenvalue weighted by molar-refractivity contribution is 0.103. The van der Waals surface area contributed by atoms with Crippen LogP contribution in [-0.4, -0.2) is 27.6 Å². The quantitative estimate of drug-likeness (QED) is 0.738. The van der Waals surface area contributed by atoms with E-state index in [-0.39, 0.29) is 5.78 Å². The molecular formula is C15H13N3O2. The highest BCUT2D eigenvalue weighted by molar-refractivity contribution is 6.12. The number of ether oxygens (including phenoxy) is 1. The number of aromatic nitrogens is 3. The number of fused-ring (bicyclic) bond motifs is 1. The Kier molecular flexibility index (Phi) is 3.16. The molecule has 1 N–H and O–H groups in total. The zero-order valence-electron chi connectivity index (χ0n) is 11.0. The molecule has 0 fully saturated rings. The first-order valence-corrected chi connectivity index (χ1v) is 6.36. The Balaban J connectivity index is 2.15. The summed E-state index contributed by atoms with van der Waals surface area (Å²) >= 11 is 0. The molecule has 2 heterocycles. The molecule has 0 aliphatic heterocycles. The Labute approximate surface area is 115 Å². The molecule has 20 heavy (non-hydrogen) atoms. The molecule has 0 saturated heterocycles. The number of benzene rings is 1. The number of nitrogens with one attached hydrogen (secondary N) is 1. The van der Waals surface area contributed by atoms with Crippen molar-refractivity contribution in [1.82, 2.24) is 15.2 Å². The van der Waals surface area contributed by atoms with Gasteiger partial charge in [-0.1, -0.05) is 30.3 Å². The Morgan fingerprint density at radius 2 is 2.10 bits per heavy atom. The molecular weight excluding hydrogens is 254 g/mol. The van der Waals surface area contributed by atoms with Gasteiger partial charge in [-0.15, -0.1) is 0 Å². The van der Waals surface area contributed by atoms with Crippen LogP contribution in [0.5, 0.6) is 5.75 Å². The lowest BCUT2D eigenvalue weighted by Crippen LogP contribution is -2.06. The fourth-order valence-corrected chi connectivity index (χ4v) is 2.08. The van der Waals surface area contributed by atoms with Crippen LogP contribution in [0.25, 0.3) is 11.0 Å². The van der Waals surface area contributed by atoms with Crippen LogP contribution in [0, 0.1) is 0 Å². The second kappa shape index (κ2) is 5.13. The van der Waals surface area contributed by atoms with Crippen LogP contribution in [-0.2, 0) is 0 Å². The second-order valence-electron chi connectivity index (χ2n) is 4.25. The summed E-state index contributed by atoms with van der Waals surface area (Å²) < 4.78 is 5.63. The lowest BCUT2D eigenvalue weighted by Gasteiger charge is -2.09. The van der Waals surface area contributed by atoms with Crippen LogP contribution in [0.15, 0.2) is 42.7 Å². The highest BCUT2D eigenvalue weighted by Gasteiger charge is 2.19. The number of ketones is 1. The van der Waals surface area contributed by atoms with E-state index in [9.17, 15) is 4.79 Å². The zero-order chi connectivity index (χ0) is 13.9. The summed E-state index contributed by atoms with van der Waals surface area (Å²) in [7, 11) is 0. The number of carbonyl (C=O) groups excluding carboxylic acids is 1. The van der Waals surface area contributed by atoms with E-state index in [1.165, 1.54) is 6.20 Å². The third-order valence-corrected chi connectivity index (χ3v) is 2.99. The van der Waals surface area contributed by atoms with Crippen molar-refractivity contribution < 1.29 is 9.53 Å². The van der Waals surface area contributed by atoms with Gasteiger partial charge in [0, 0.05) is 18.0 Å². The monoisotopic (exact) mass is 267 g/mol. The van der Waals surface area contributed by atoms with E-state index in [0.717, 1.165) is 0 Å². The van der Waals surface area contributed by atoms with E-state index in [2.05, 4.69) is 15.2 Å². The van der Waals surface area contributed by atoms with E-state index in [1.807, 2.05) is 25.1 Å². The Hall–Kier alpha value is -2.69. The molecule has 0 amide bonds. The summed E-state index contributed by atoms with van der Waals surface area (Å²) in [5.74, 6) is 0.421. The fourth-order valence-electron chi connectivity index (χ4n) is 2.08. The fraction of sp³-hybridized carbons (Fsp3) is 0.133. The van der Waals surface area contributed by atoms with Crippen molar-refractivity contribution in [2.45, 2.75) is 6.92 Å². The minimum atomic E-state index is -0.107. The van der Waals surface area contributed by atoms with Gasteiger partial charge in [0.05, 0.1) is 17.6 Å². The van der Waals surface area contributed by atoms with Crippen LogP contribution in [0.2, 0.25) is 0 Å². The van der Waals surface area contributed by atoms with Crippen molar-refractivity contribution in [3.05, 3.63) is 53.9 Å². The van der Waals surface area contributed by atoms with Crippen LogP contribution in [0.4, 0.5) is 0 Å². The predicted molar refractivity (Wildman–Crippen MR) is 74.9 cm³/mol. The molecule has 5 nitrogen and oxygen atoms in total. The van der Waals surface area contributed by atoms with Gasteiger partial charge < -0.3 is 4.74 Å². The highest BCUT2D eigenvalue weighted by Crippen LogP contribution is 2.28. The van der Waals surface area contributed by atoms with E-state index < -0.39 is 0 Å². The molecule has 0 aliphatic carbocycles. The summed E-state index contributed by atoms with van der Waals surface area (Å²) in [4.78, 5) is 16.7.